The van der Waals surface area contributed by atoms with E-state index in [-0.39, 0.29) is 17.3 Å². The number of hydrogen-bond acceptors (Lipinski definition) is 8. The van der Waals surface area contributed by atoms with E-state index in [1.54, 1.807) is 54.6 Å². The maximum atomic E-state index is 13.7. The SMILES string of the molecule is C=CCOc1ccc(/C=N/NC(=O)CN(c2ccc(C)cc2)S(=O)(=O)c2ccc(OC)c(OC)c2)c(OCC=C)c1. The molecule has 216 valence electrons. The average Bonchev–Trinajstić information content (AvgIpc) is 2.98. The molecule has 0 saturated carbocycles. The van der Waals surface area contributed by atoms with Crippen molar-refractivity contribution >= 4 is 27.8 Å². The van der Waals surface area contributed by atoms with Gasteiger partial charge < -0.3 is 18.9 Å². The van der Waals surface area contributed by atoms with E-state index in [0.29, 0.717) is 35.1 Å². The molecular formula is C30H33N3O7S. The summed E-state index contributed by atoms with van der Waals surface area (Å²) in [5.74, 6) is 0.977. The Morgan fingerprint density at radius 2 is 1.59 bits per heavy atom. The minimum Gasteiger partial charge on any atom is -0.493 e. The summed E-state index contributed by atoms with van der Waals surface area (Å²) in [6, 6.07) is 16.1. The zero-order valence-corrected chi connectivity index (χ0v) is 24.0. The molecule has 3 aromatic carbocycles. The molecule has 0 aliphatic carbocycles. The van der Waals surface area contributed by atoms with E-state index in [2.05, 4.69) is 23.7 Å². The van der Waals surface area contributed by atoms with Crippen molar-refractivity contribution in [2.24, 2.45) is 5.10 Å². The van der Waals surface area contributed by atoms with Crippen LogP contribution in [-0.4, -0.2) is 54.5 Å². The quantitative estimate of drug-likeness (QED) is 0.160. The Labute approximate surface area is 240 Å². The van der Waals surface area contributed by atoms with E-state index in [1.165, 1.54) is 38.6 Å². The van der Waals surface area contributed by atoms with Crippen LogP contribution in [0.25, 0.3) is 0 Å². The average molecular weight is 580 g/mol. The molecule has 11 heteroatoms. The van der Waals surface area contributed by atoms with Crippen molar-refractivity contribution in [1.29, 1.82) is 0 Å². The first-order chi connectivity index (χ1) is 19.7. The standard InChI is InChI=1S/C30H33N3O7S/c1-6-16-39-25-13-10-23(28(18-25)40-17-7-2)20-31-32-30(34)21-33(24-11-8-22(3)9-12-24)41(35,36)26-14-15-27(37-4)29(19-26)38-5/h6-15,18-20H,1-2,16-17,21H2,3-5H3,(H,32,34)/b31-20+. The van der Waals surface area contributed by atoms with Gasteiger partial charge in [0, 0.05) is 17.7 Å². The summed E-state index contributed by atoms with van der Waals surface area (Å²) in [4.78, 5) is 12.9. The number of nitrogens with one attached hydrogen (secondary N) is 1. The van der Waals surface area contributed by atoms with Crippen molar-refractivity contribution in [3.8, 4) is 23.0 Å². The summed E-state index contributed by atoms with van der Waals surface area (Å²) in [7, 11) is -1.33. The largest absolute Gasteiger partial charge is 0.493 e. The van der Waals surface area contributed by atoms with Gasteiger partial charge in [-0.1, -0.05) is 43.0 Å². The van der Waals surface area contributed by atoms with Crippen LogP contribution in [0.15, 0.2) is 96.0 Å². The van der Waals surface area contributed by atoms with Crippen molar-refractivity contribution in [2.45, 2.75) is 11.8 Å². The smallest absolute Gasteiger partial charge is 0.264 e. The van der Waals surface area contributed by atoms with Gasteiger partial charge >= 0.3 is 0 Å². The third kappa shape index (κ3) is 8.12. The minimum atomic E-state index is -4.19. The number of amides is 1. The van der Waals surface area contributed by atoms with Gasteiger partial charge in [0.15, 0.2) is 11.5 Å². The second kappa shape index (κ2) is 14.6. The minimum absolute atomic E-state index is 0.0743. The number of hydrazone groups is 1. The number of nitrogens with zero attached hydrogens (tertiary/aromatic N) is 2. The maximum Gasteiger partial charge on any atom is 0.264 e. The van der Waals surface area contributed by atoms with Crippen molar-refractivity contribution < 1.29 is 32.2 Å². The Hall–Kier alpha value is -4.77. The van der Waals surface area contributed by atoms with Crippen molar-refractivity contribution in [3.05, 3.63) is 97.1 Å². The first-order valence-electron chi connectivity index (χ1n) is 12.5. The number of aryl methyl sites for hydroxylation is 1. The molecule has 0 radical (unpaired) electrons. The second-order valence-corrected chi connectivity index (χ2v) is 10.4. The van der Waals surface area contributed by atoms with Crippen molar-refractivity contribution in [3.63, 3.8) is 0 Å². The molecule has 0 heterocycles. The van der Waals surface area contributed by atoms with Gasteiger partial charge in [0.05, 0.1) is 31.0 Å². The Bertz CT molecular complexity index is 1500. The van der Waals surface area contributed by atoms with Crippen LogP contribution in [0.1, 0.15) is 11.1 Å². The molecule has 0 fully saturated rings. The van der Waals surface area contributed by atoms with E-state index < -0.39 is 22.5 Å². The molecule has 0 unspecified atom stereocenters. The van der Waals surface area contributed by atoms with Crippen LogP contribution in [0.4, 0.5) is 5.69 Å². The topological polar surface area (TPSA) is 116 Å². The normalized spacial score (nSPS) is 11.0. The van der Waals surface area contributed by atoms with E-state index in [0.717, 1.165) is 9.87 Å². The molecule has 1 amide bonds. The van der Waals surface area contributed by atoms with Crippen LogP contribution in [-0.2, 0) is 14.8 Å². The van der Waals surface area contributed by atoms with Gasteiger partial charge in [-0.15, -0.1) is 0 Å². The van der Waals surface area contributed by atoms with Gasteiger partial charge in [0.2, 0.25) is 0 Å². The first-order valence-corrected chi connectivity index (χ1v) is 13.9. The molecule has 1 N–H and O–H groups in total. The lowest BCUT2D eigenvalue weighted by molar-refractivity contribution is -0.119. The van der Waals surface area contributed by atoms with E-state index in [4.69, 9.17) is 18.9 Å². The summed E-state index contributed by atoms with van der Waals surface area (Å²) in [5, 5.41) is 4.02. The highest BCUT2D eigenvalue weighted by Gasteiger charge is 2.28. The van der Waals surface area contributed by atoms with Crippen LogP contribution >= 0.6 is 0 Å². The Kier molecular flexibility index (Phi) is 10.9. The van der Waals surface area contributed by atoms with Gasteiger partial charge in [0.1, 0.15) is 31.3 Å². The molecular weight excluding hydrogens is 546 g/mol. The van der Waals surface area contributed by atoms with Gasteiger partial charge in [0.25, 0.3) is 15.9 Å². The molecule has 3 rings (SSSR count). The number of methoxy groups -OCH3 is 2. The highest BCUT2D eigenvalue weighted by molar-refractivity contribution is 7.92. The Morgan fingerprint density at radius 3 is 2.24 bits per heavy atom. The van der Waals surface area contributed by atoms with Gasteiger partial charge in [-0.05, 0) is 43.3 Å². The van der Waals surface area contributed by atoms with Crippen LogP contribution in [0.3, 0.4) is 0 Å². The maximum absolute atomic E-state index is 13.7. The predicted octanol–water partition coefficient (Wildman–Crippen LogP) is 4.49. The van der Waals surface area contributed by atoms with Gasteiger partial charge in [-0.25, -0.2) is 13.8 Å². The van der Waals surface area contributed by atoms with Crippen molar-refractivity contribution in [2.75, 3.05) is 38.3 Å². The fraction of sp³-hybridized carbons (Fsp3) is 0.200. The number of benzene rings is 3. The van der Waals surface area contributed by atoms with Gasteiger partial charge in [-0.2, -0.15) is 5.10 Å². The van der Waals surface area contributed by atoms with E-state index in [9.17, 15) is 13.2 Å². The molecule has 0 bridgehead atoms. The van der Waals surface area contributed by atoms with Gasteiger partial charge in [-0.3, -0.25) is 9.10 Å². The third-order valence-electron chi connectivity index (χ3n) is 5.65. The molecule has 3 aromatic rings. The number of sulfonamides is 1. The lowest BCUT2D eigenvalue weighted by Crippen LogP contribution is -2.39. The van der Waals surface area contributed by atoms with Crippen LogP contribution in [0, 0.1) is 6.92 Å². The number of anilines is 1. The predicted molar refractivity (Wildman–Crippen MR) is 159 cm³/mol. The molecule has 0 aromatic heterocycles. The third-order valence-corrected chi connectivity index (χ3v) is 7.42. The number of ether oxygens (including phenoxy) is 4. The monoisotopic (exact) mass is 579 g/mol. The number of hydrogen-bond donors (Lipinski definition) is 1. The fourth-order valence-electron chi connectivity index (χ4n) is 3.61. The number of rotatable bonds is 15. The molecule has 10 nitrogen and oxygen atoms in total. The fourth-order valence-corrected chi connectivity index (χ4v) is 5.05. The molecule has 0 atom stereocenters. The Morgan fingerprint density at radius 1 is 0.902 bits per heavy atom. The summed E-state index contributed by atoms with van der Waals surface area (Å²) in [6.45, 7) is 9.20. The van der Waals surface area contributed by atoms with E-state index >= 15 is 0 Å². The zero-order valence-electron chi connectivity index (χ0n) is 23.2. The summed E-state index contributed by atoms with van der Waals surface area (Å²) >= 11 is 0. The summed E-state index contributed by atoms with van der Waals surface area (Å²) < 4.78 is 50.2. The highest BCUT2D eigenvalue weighted by Crippen LogP contribution is 2.32. The van der Waals surface area contributed by atoms with E-state index in [1.807, 2.05) is 6.92 Å². The number of carbonyl (C=O) groups excluding carboxylic acids is 1. The molecule has 0 aliphatic rings. The molecule has 0 spiro atoms. The lowest BCUT2D eigenvalue weighted by atomic mass is 10.2. The highest BCUT2D eigenvalue weighted by atomic mass is 32.2. The van der Waals surface area contributed by atoms with Crippen LogP contribution in [0.5, 0.6) is 23.0 Å². The Balaban J connectivity index is 1.86. The molecule has 0 saturated heterocycles. The summed E-state index contributed by atoms with van der Waals surface area (Å²) in [5.41, 5.74) is 4.20. The van der Waals surface area contributed by atoms with Crippen LogP contribution in [0.2, 0.25) is 0 Å². The zero-order chi connectivity index (χ0) is 29.8. The molecule has 41 heavy (non-hydrogen) atoms. The van der Waals surface area contributed by atoms with Crippen molar-refractivity contribution in [1.82, 2.24) is 5.43 Å². The first kappa shape index (κ1) is 30.8. The molecule has 0 aliphatic heterocycles. The van der Waals surface area contributed by atoms with Crippen LogP contribution < -0.4 is 28.7 Å². The lowest BCUT2D eigenvalue weighted by Gasteiger charge is -2.24. The second-order valence-electron chi connectivity index (χ2n) is 8.56. The number of carbonyl (C=O) groups is 1. The summed E-state index contributed by atoms with van der Waals surface area (Å²) in [6.07, 6.45) is 4.62.